The van der Waals surface area contributed by atoms with Crippen LogP contribution in [0.4, 0.5) is 0 Å². The predicted molar refractivity (Wildman–Crippen MR) is 77.2 cm³/mol. The molecular formula is C13H19BrClNO. The maximum atomic E-state index is 5.49. The van der Waals surface area contributed by atoms with E-state index in [0.717, 1.165) is 18.7 Å². The first-order valence-electron chi connectivity index (χ1n) is 5.73. The van der Waals surface area contributed by atoms with Crippen LogP contribution in [-0.2, 0) is 6.42 Å². The highest BCUT2D eigenvalue weighted by molar-refractivity contribution is 9.10. The van der Waals surface area contributed by atoms with Crippen LogP contribution in [0.3, 0.4) is 0 Å². The van der Waals surface area contributed by atoms with E-state index in [1.807, 2.05) is 6.07 Å². The monoisotopic (exact) mass is 319 g/mol. The van der Waals surface area contributed by atoms with Gasteiger partial charge in [-0.05, 0) is 36.6 Å². The Hall–Kier alpha value is -0.250. The summed E-state index contributed by atoms with van der Waals surface area (Å²) in [6.45, 7) is 5.53. The molecule has 1 aliphatic rings. The van der Waals surface area contributed by atoms with E-state index in [9.17, 15) is 0 Å². The second kappa shape index (κ2) is 6.07. The lowest BCUT2D eigenvalue weighted by Crippen LogP contribution is -2.33. The standard InChI is InChI=1S/C13H18BrNO.ClH/c1-8(2)13-12-9(6-7-15-13)10(14)4-5-11(12)16-3;/h4-5,8,13,15H,6-7H2,1-3H3;1H. The predicted octanol–water partition coefficient (Wildman–Crippen LogP) is 3.72. The minimum atomic E-state index is 0. The molecule has 0 aromatic heterocycles. The zero-order chi connectivity index (χ0) is 11.7. The van der Waals surface area contributed by atoms with Crippen LogP contribution in [0.5, 0.6) is 5.75 Å². The molecule has 1 unspecified atom stereocenters. The molecule has 0 fully saturated rings. The second-order valence-corrected chi connectivity index (χ2v) is 5.42. The van der Waals surface area contributed by atoms with Gasteiger partial charge in [0.15, 0.2) is 0 Å². The van der Waals surface area contributed by atoms with Crippen LogP contribution < -0.4 is 10.1 Å². The highest BCUT2D eigenvalue weighted by atomic mass is 79.9. The number of ether oxygens (including phenoxy) is 1. The summed E-state index contributed by atoms with van der Waals surface area (Å²) in [4.78, 5) is 0. The van der Waals surface area contributed by atoms with Crippen molar-refractivity contribution in [3.8, 4) is 5.75 Å². The van der Waals surface area contributed by atoms with Crippen molar-refractivity contribution in [1.82, 2.24) is 5.32 Å². The maximum absolute atomic E-state index is 5.49. The quantitative estimate of drug-likeness (QED) is 0.896. The normalized spacial score (nSPS) is 18.5. The topological polar surface area (TPSA) is 21.3 Å². The van der Waals surface area contributed by atoms with Gasteiger partial charge in [0.25, 0.3) is 0 Å². The largest absolute Gasteiger partial charge is 0.496 e. The van der Waals surface area contributed by atoms with Crippen LogP contribution in [0.2, 0.25) is 0 Å². The Morgan fingerprint density at radius 1 is 1.41 bits per heavy atom. The third-order valence-electron chi connectivity index (χ3n) is 3.20. The van der Waals surface area contributed by atoms with Gasteiger partial charge in [0.05, 0.1) is 7.11 Å². The zero-order valence-electron chi connectivity index (χ0n) is 10.4. The van der Waals surface area contributed by atoms with Crippen molar-refractivity contribution in [2.75, 3.05) is 13.7 Å². The molecule has 1 aliphatic heterocycles. The summed E-state index contributed by atoms with van der Waals surface area (Å²) in [5.74, 6) is 1.58. The Morgan fingerprint density at radius 2 is 2.12 bits per heavy atom. The summed E-state index contributed by atoms with van der Waals surface area (Å²) in [6.07, 6.45) is 1.07. The fourth-order valence-electron chi connectivity index (χ4n) is 2.41. The van der Waals surface area contributed by atoms with E-state index in [0.29, 0.717) is 12.0 Å². The molecule has 1 atom stereocenters. The Balaban J connectivity index is 0.00000144. The maximum Gasteiger partial charge on any atom is 0.123 e. The lowest BCUT2D eigenvalue weighted by molar-refractivity contribution is 0.357. The van der Waals surface area contributed by atoms with E-state index in [2.05, 4.69) is 41.2 Å². The summed E-state index contributed by atoms with van der Waals surface area (Å²) in [7, 11) is 1.75. The van der Waals surface area contributed by atoms with Crippen LogP contribution in [0, 0.1) is 5.92 Å². The molecule has 96 valence electrons. The molecule has 0 radical (unpaired) electrons. The molecule has 2 nitrogen and oxygen atoms in total. The highest BCUT2D eigenvalue weighted by Gasteiger charge is 2.27. The van der Waals surface area contributed by atoms with Gasteiger partial charge in [0, 0.05) is 16.1 Å². The number of hydrogen-bond acceptors (Lipinski definition) is 2. The van der Waals surface area contributed by atoms with Crippen LogP contribution in [0.1, 0.15) is 31.0 Å². The molecule has 0 amide bonds. The molecule has 1 heterocycles. The molecule has 1 aromatic rings. The molecular weight excluding hydrogens is 302 g/mol. The van der Waals surface area contributed by atoms with Crippen molar-refractivity contribution < 1.29 is 4.74 Å². The van der Waals surface area contributed by atoms with Gasteiger partial charge >= 0.3 is 0 Å². The number of halogens is 2. The van der Waals surface area contributed by atoms with Gasteiger partial charge in [-0.3, -0.25) is 0 Å². The highest BCUT2D eigenvalue weighted by Crippen LogP contribution is 2.39. The Labute approximate surface area is 118 Å². The fraction of sp³-hybridized carbons (Fsp3) is 0.538. The lowest BCUT2D eigenvalue weighted by atomic mass is 9.87. The lowest BCUT2D eigenvalue weighted by Gasteiger charge is -2.32. The Kier molecular flexibility index (Phi) is 5.29. The number of rotatable bonds is 2. The molecule has 1 aromatic carbocycles. The van der Waals surface area contributed by atoms with Gasteiger partial charge < -0.3 is 10.1 Å². The van der Waals surface area contributed by atoms with E-state index in [1.54, 1.807) is 7.11 Å². The Bertz CT molecular complexity index is 395. The van der Waals surface area contributed by atoms with Crippen molar-refractivity contribution >= 4 is 28.3 Å². The van der Waals surface area contributed by atoms with Crippen LogP contribution >= 0.6 is 28.3 Å². The van der Waals surface area contributed by atoms with E-state index in [4.69, 9.17) is 4.74 Å². The smallest absolute Gasteiger partial charge is 0.123 e. The van der Waals surface area contributed by atoms with Crippen molar-refractivity contribution in [2.45, 2.75) is 26.3 Å². The van der Waals surface area contributed by atoms with Crippen molar-refractivity contribution in [3.63, 3.8) is 0 Å². The van der Waals surface area contributed by atoms with E-state index < -0.39 is 0 Å². The summed E-state index contributed by atoms with van der Waals surface area (Å²) >= 11 is 3.64. The third-order valence-corrected chi connectivity index (χ3v) is 3.94. The molecule has 0 saturated carbocycles. The van der Waals surface area contributed by atoms with Crippen LogP contribution in [0.15, 0.2) is 16.6 Å². The SMILES string of the molecule is COc1ccc(Br)c2c1C(C(C)C)NCC2.Cl. The van der Waals surface area contributed by atoms with Crippen molar-refractivity contribution in [3.05, 3.63) is 27.7 Å². The van der Waals surface area contributed by atoms with E-state index in [1.165, 1.54) is 15.6 Å². The average molecular weight is 321 g/mol. The Morgan fingerprint density at radius 3 is 2.71 bits per heavy atom. The molecule has 1 N–H and O–H groups in total. The fourth-order valence-corrected chi connectivity index (χ4v) is 2.96. The molecule has 0 saturated heterocycles. The van der Waals surface area contributed by atoms with Gasteiger partial charge in [-0.15, -0.1) is 12.4 Å². The number of nitrogens with one attached hydrogen (secondary N) is 1. The average Bonchev–Trinajstić information content (AvgIpc) is 2.29. The van der Waals surface area contributed by atoms with E-state index >= 15 is 0 Å². The summed E-state index contributed by atoms with van der Waals surface area (Å²) in [5.41, 5.74) is 2.73. The minimum Gasteiger partial charge on any atom is -0.496 e. The number of methoxy groups -OCH3 is 1. The number of hydrogen-bond donors (Lipinski definition) is 1. The molecule has 0 spiro atoms. The van der Waals surface area contributed by atoms with Gasteiger partial charge in [-0.1, -0.05) is 29.8 Å². The van der Waals surface area contributed by atoms with Crippen LogP contribution in [-0.4, -0.2) is 13.7 Å². The first kappa shape index (κ1) is 14.8. The first-order valence-corrected chi connectivity index (χ1v) is 6.53. The van der Waals surface area contributed by atoms with Gasteiger partial charge in [0.1, 0.15) is 5.75 Å². The summed E-state index contributed by atoms with van der Waals surface area (Å²) in [5, 5.41) is 3.58. The minimum absolute atomic E-state index is 0. The third kappa shape index (κ3) is 2.78. The summed E-state index contributed by atoms with van der Waals surface area (Å²) < 4.78 is 6.69. The number of benzene rings is 1. The molecule has 0 bridgehead atoms. The van der Waals surface area contributed by atoms with E-state index in [-0.39, 0.29) is 12.4 Å². The van der Waals surface area contributed by atoms with Crippen LogP contribution in [0.25, 0.3) is 0 Å². The first-order chi connectivity index (χ1) is 7.65. The second-order valence-electron chi connectivity index (χ2n) is 4.57. The van der Waals surface area contributed by atoms with Crippen molar-refractivity contribution in [1.29, 1.82) is 0 Å². The summed E-state index contributed by atoms with van der Waals surface area (Å²) in [6, 6.07) is 4.53. The molecule has 17 heavy (non-hydrogen) atoms. The molecule has 2 rings (SSSR count). The number of fused-ring (bicyclic) bond motifs is 1. The molecule has 4 heteroatoms. The molecule has 0 aliphatic carbocycles. The van der Waals surface area contributed by atoms with Gasteiger partial charge in [-0.25, -0.2) is 0 Å². The van der Waals surface area contributed by atoms with Gasteiger partial charge in [-0.2, -0.15) is 0 Å². The van der Waals surface area contributed by atoms with Crippen molar-refractivity contribution in [2.24, 2.45) is 5.92 Å². The zero-order valence-corrected chi connectivity index (χ0v) is 12.8. The van der Waals surface area contributed by atoms with Gasteiger partial charge in [0.2, 0.25) is 0 Å².